The first-order valence-electron chi connectivity index (χ1n) is 7.13. The zero-order valence-corrected chi connectivity index (χ0v) is 11.4. The molecule has 0 unspecified atom stereocenters. The van der Waals surface area contributed by atoms with Crippen LogP contribution >= 0.6 is 0 Å². The number of hydrogen-bond donors (Lipinski definition) is 0. The lowest BCUT2D eigenvalue weighted by molar-refractivity contribution is -0.672. The second-order valence-electron chi connectivity index (χ2n) is 6.14. The maximum atomic E-state index is 12.5. The normalized spacial score (nSPS) is 34.1. The average molecular weight is 269 g/mol. The van der Waals surface area contributed by atoms with Gasteiger partial charge in [0, 0.05) is 11.6 Å². The van der Waals surface area contributed by atoms with Gasteiger partial charge in [0.05, 0.1) is 18.4 Å². The van der Waals surface area contributed by atoms with Crippen LogP contribution < -0.4 is 4.57 Å². The van der Waals surface area contributed by atoms with Crippen LogP contribution in [0.25, 0.3) is 0 Å². The van der Waals surface area contributed by atoms with Crippen molar-refractivity contribution in [2.24, 2.45) is 30.7 Å². The second kappa shape index (κ2) is 4.01. The van der Waals surface area contributed by atoms with Crippen LogP contribution in [0.2, 0.25) is 0 Å². The minimum Gasteiger partial charge on any atom is -0.277 e. The van der Waals surface area contributed by atoms with Gasteiger partial charge in [-0.05, 0) is 24.3 Å². The Bertz CT molecular complexity index is 607. The zero-order chi connectivity index (χ0) is 13.9. The third kappa shape index (κ3) is 1.51. The van der Waals surface area contributed by atoms with E-state index in [0.29, 0.717) is 18.4 Å². The van der Waals surface area contributed by atoms with Gasteiger partial charge in [-0.3, -0.25) is 14.5 Å². The quantitative estimate of drug-likeness (QED) is 0.453. The summed E-state index contributed by atoms with van der Waals surface area (Å²) in [6, 6.07) is 3.90. The van der Waals surface area contributed by atoms with E-state index in [1.165, 1.54) is 4.90 Å². The lowest BCUT2D eigenvalue weighted by Gasteiger charge is -2.16. The third-order valence-electron chi connectivity index (χ3n) is 4.90. The first-order valence-corrected chi connectivity index (χ1v) is 7.13. The van der Waals surface area contributed by atoms with Crippen molar-refractivity contribution in [3.63, 3.8) is 0 Å². The van der Waals surface area contributed by atoms with Crippen molar-refractivity contribution < 1.29 is 14.2 Å². The van der Waals surface area contributed by atoms with Gasteiger partial charge < -0.3 is 0 Å². The third-order valence-corrected chi connectivity index (χ3v) is 4.90. The Morgan fingerprint density at radius 2 is 1.85 bits per heavy atom. The second-order valence-corrected chi connectivity index (χ2v) is 6.14. The largest absolute Gasteiger partial charge is 0.277 e. The molecule has 2 fully saturated rings. The summed E-state index contributed by atoms with van der Waals surface area (Å²) in [4.78, 5) is 26.6. The van der Waals surface area contributed by atoms with Crippen LogP contribution in [-0.2, 0) is 23.2 Å². The highest BCUT2D eigenvalue weighted by Crippen LogP contribution is 2.52. The van der Waals surface area contributed by atoms with Crippen molar-refractivity contribution in [1.29, 1.82) is 0 Å². The number of imide groups is 1. The molecule has 0 N–H and O–H groups in total. The molecule has 2 aliphatic carbocycles. The van der Waals surface area contributed by atoms with Gasteiger partial charge in [-0.25, -0.2) is 4.57 Å². The molecule has 0 spiro atoms. The number of pyridine rings is 1. The summed E-state index contributed by atoms with van der Waals surface area (Å²) in [6.07, 6.45) is 9.14. The van der Waals surface area contributed by atoms with Gasteiger partial charge in [-0.15, -0.1) is 0 Å². The molecule has 2 bridgehead atoms. The van der Waals surface area contributed by atoms with Crippen LogP contribution in [0.3, 0.4) is 0 Å². The van der Waals surface area contributed by atoms with E-state index < -0.39 is 0 Å². The van der Waals surface area contributed by atoms with Gasteiger partial charge in [0.1, 0.15) is 7.05 Å². The van der Waals surface area contributed by atoms with Crippen molar-refractivity contribution >= 4 is 11.8 Å². The monoisotopic (exact) mass is 269 g/mol. The predicted octanol–water partition coefficient (Wildman–Crippen LogP) is 0.818. The van der Waals surface area contributed by atoms with Crippen LogP contribution in [-0.4, -0.2) is 16.7 Å². The molecule has 20 heavy (non-hydrogen) atoms. The highest BCUT2D eigenvalue weighted by molar-refractivity contribution is 6.06. The number of aromatic nitrogens is 1. The fourth-order valence-corrected chi connectivity index (χ4v) is 4.05. The number of fused-ring (bicyclic) bond motifs is 5. The molecule has 1 aromatic heterocycles. The van der Waals surface area contributed by atoms with Gasteiger partial charge in [-0.1, -0.05) is 12.2 Å². The summed E-state index contributed by atoms with van der Waals surface area (Å²) >= 11 is 0. The Labute approximate surface area is 117 Å². The van der Waals surface area contributed by atoms with Gasteiger partial charge in [0.2, 0.25) is 11.8 Å². The number of aryl methyl sites for hydroxylation is 1. The average Bonchev–Trinajstić information content (AvgIpc) is 3.09. The number of amides is 2. The topological polar surface area (TPSA) is 41.3 Å². The molecule has 3 aliphatic rings. The molecule has 1 saturated carbocycles. The van der Waals surface area contributed by atoms with Crippen molar-refractivity contribution in [3.05, 3.63) is 42.2 Å². The molecule has 102 valence electrons. The SMILES string of the molecule is C[n+]1cccc(CN2C(=O)[C@@H]3[C@H](C2=O)[C@@H]2C=C[C@@H]3C2)c1. The molecule has 2 heterocycles. The van der Waals surface area contributed by atoms with E-state index in [0.717, 1.165) is 12.0 Å². The summed E-state index contributed by atoms with van der Waals surface area (Å²) in [5.41, 5.74) is 0.997. The molecule has 1 saturated heterocycles. The fourth-order valence-electron chi connectivity index (χ4n) is 4.05. The van der Waals surface area contributed by atoms with Crippen LogP contribution in [0.15, 0.2) is 36.7 Å². The van der Waals surface area contributed by atoms with Crippen molar-refractivity contribution in [2.45, 2.75) is 13.0 Å². The highest BCUT2D eigenvalue weighted by atomic mass is 16.2. The number of carbonyl (C=O) groups is 2. The number of hydrogen-bond acceptors (Lipinski definition) is 2. The Balaban J connectivity index is 1.62. The van der Waals surface area contributed by atoms with E-state index in [2.05, 4.69) is 12.2 Å². The molecular weight excluding hydrogens is 252 g/mol. The molecule has 4 nitrogen and oxygen atoms in total. The van der Waals surface area contributed by atoms with Crippen LogP contribution in [0.5, 0.6) is 0 Å². The van der Waals surface area contributed by atoms with E-state index in [1.807, 2.05) is 36.1 Å². The molecule has 4 atom stereocenters. The number of likely N-dealkylation sites (tertiary alicyclic amines) is 1. The molecule has 4 rings (SSSR count). The number of rotatable bonds is 2. The smallest absolute Gasteiger partial charge is 0.234 e. The number of carbonyl (C=O) groups excluding carboxylic acids is 2. The van der Waals surface area contributed by atoms with Gasteiger partial charge in [0.15, 0.2) is 12.4 Å². The lowest BCUT2D eigenvalue weighted by atomic mass is 9.85. The van der Waals surface area contributed by atoms with Gasteiger partial charge in [0.25, 0.3) is 0 Å². The molecule has 0 radical (unpaired) electrons. The Morgan fingerprint density at radius 1 is 1.20 bits per heavy atom. The Kier molecular flexibility index (Phi) is 2.37. The van der Waals surface area contributed by atoms with Crippen molar-refractivity contribution in [3.8, 4) is 0 Å². The Morgan fingerprint density at radius 3 is 2.45 bits per heavy atom. The summed E-state index contributed by atoms with van der Waals surface area (Å²) in [5, 5.41) is 0. The van der Waals surface area contributed by atoms with E-state index in [4.69, 9.17) is 0 Å². The number of nitrogens with zero attached hydrogens (tertiary/aromatic N) is 2. The standard InChI is InChI=1S/C16H17N2O2/c1-17-6-2-3-10(8-17)9-18-15(19)13-11-4-5-12(7-11)14(13)16(18)20/h2-6,8,11-14H,7,9H2,1H3/q+1/t11-,12-,13-,14+/m1/s1. The minimum atomic E-state index is -0.0880. The van der Waals surface area contributed by atoms with E-state index >= 15 is 0 Å². The minimum absolute atomic E-state index is 0.0309. The van der Waals surface area contributed by atoms with Crippen molar-refractivity contribution in [1.82, 2.24) is 4.90 Å². The molecule has 4 heteroatoms. The lowest BCUT2D eigenvalue weighted by Crippen LogP contribution is -2.34. The first kappa shape index (κ1) is 11.8. The first-order chi connectivity index (χ1) is 9.65. The maximum absolute atomic E-state index is 12.5. The zero-order valence-electron chi connectivity index (χ0n) is 11.4. The predicted molar refractivity (Wildman–Crippen MR) is 70.9 cm³/mol. The van der Waals surface area contributed by atoms with E-state index in [9.17, 15) is 9.59 Å². The van der Waals surface area contributed by atoms with Crippen LogP contribution in [0, 0.1) is 23.7 Å². The van der Waals surface area contributed by atoms with Crippen LogP contribution in [0.4, 0.5) is 0 Å². The number of allylic oxidation sites excluding steroid dienone is 2. The van der Waals surface area contributed by atoms with Crippen molar-refractivity contribution in [2.75, 3.05) is 0 Å². The van der Waals surface area contributed by atoms with E-state index in [1.54, 1.807) is 0 Å². The van der Waals surface area contributed by atoms with Gasteiger partial charge >= 0.3 is 0 Å². The molecule has 0 aromatic carbocycles. The van der Waals surface area contributed by atoms with Crippen LogP contribution in [0.1, 0.15) is 12.0 Å². The Hall–Kier alpha value is -1.97. The molecule has 1 aromatic rings. The fraction of sp³-hybridized carbons (Fsp3) is 0.438. The van der Waals surface area contributed by atoms with Gasteiger partial charge in [-0.2, -0.15) is 0 Å². The molecule has 2 amide bonds. The molecular formula is C16H17N2O2+. The molecule has 1 aliphatic heterocycles. The maximum Gasteiger partial charge on any atom is 0.234 e. The van der Waals surface area contributed by atoms with E-state index in [-0.39, 0.29) is 23.7 Å². The summed E-state index contributed by atoms with van der Waals surface area (Å²) in [7, 11) is 1.94. The summed E-state index contributed by atoms with van der Waals surface area (Å²) in [5.74, 6) is 0.466. The highest BCUT2D eigenvalue weighted by Gasteiger charge is 2.59. The summed E-state index contributed by atoms with van der Waals surface area (Å²) < 4.78 is 1.94. The summed E-state index contributed by atoms with van der Waals surface area (Å²) in [6.45, 7) is 0.402.